The average molecular weight is 319 g/mol. The number of hydrogen-bond donors (Lipinski definition) is 1. The largest absolute Gasteiger partial charge is 0.379 e. The van der Waals surface area contributed by atoms with Crippen LogP contribution in [0, 0.1) is 12.7 Å². The van der Waals surface area contributed by atoms with Crippen LogP contribution in [0.25, 0.3) is 0 Å². The topological polar surface area (TPSA) is 63.6 Å². The minimum atomic E-state index is -1.09. The predicted octanol–water partition coefficient (Wildman–Crippen LogP) is 3.11. The van der Waals surface area contributed by atoms with Crippen molar-refractivity contribution in [1.29, 1.82) is 0 Å². The molecule has 5 nitrogen and oxygen atoms in total. The summed E-state index contributed by atoms with van der Waals surface area (Å²) in [6.45, 7) is 3.58. The van der Waals surface area contributed by atoms with Gasteiger partial charge in [-0.05, 0) is 31.5 Å². The molecule has 114 valence electrons. The highest BCUT2D eigenvalue weighted by molar-refractivity contribution is 7.15. The molecule has 0 fully saturated rings. The Morgan fingerprint density at radius 1 is 1.41 bits per heavy atom. The number of aryl methyl sites for hydroxylation is 1. The Balaban J connectivity index is 1.71. The lowest BCUT2D eigenvalue weighted by atomic mass is 9.95. The van der Waals surface area contributed by atoms with Crippen molar-refractivity contribution < 1.29 is 14.0 Å². The SMILES string of the molecule is Cc1cnc(NC(=O)[C@]2(C)CC(c3ccc(F)cc3)=NO2)s1. The van der Waals surface area contributed by atoms with Crippen molar-refractivity contribution in [3.63, 3.8) is 0 Å². The fourth-order valence-corrected chi connectivity index (χ4v) is 2.76. The summed E-state index contributed by atoms with van der Waals surface area (Å²) in [6.07, 6.45) is 2.01. The molecular formula is C15H14FN3O2S. The molecule has 1 aromatic heterocycles. The Morgan fingerprint density at radius 2 is 2.14 bits per heavy atom. The van der Waals surface area contributed by atoms with E-state index in [0.717, 1.165) is 10.4 Å². The molecule has 7 heteroatoms. The molecular weight excluding hydrogens is 305 g/mol. The summed E-state index contributed by atoms with van der Waals surface area (Å²) in [5, 5.41) is 7.24. The number of oxime groups is 1. The van der Waals surface area contributed by atoms with Gasteiger partial charge in [0.2, 0.25) is 5.60 Å². The van der Waals surface area contributed by atoms with Crippen molar-refractivity contribution >= 4 is 28.1 Å². The predicted molar refractivity (Wildman–Crippen MR) is 82.5 cm³/mol. The van der Waals surface area contributed by atoms with Crippen molar-refractivity contribution in [1.82, 2.24) is 4.98 Å². The minimum absolute atomic E-state index is 0.303. The van der Waals surface area contributed by atoms with Crippen LogP contribution in [0.5, 0.6) is 0 Å². The molecule has 0 aliphatic carbocycles. The number of carbonyl (C=O) groups excluding carboxylic acids is 1. The van der Waals surface area contributed by atoms with Gasteiger partial charge in [0.25, 0.3) is 5.91 Å². The first kappa shape index (κ1) is 14.6. The molecule has 1 aliphatic heterocycles. The van der Waals surface area contributed by atoms with Crippen LogP contribution in [0.4, 0.5) is 9.52 Å². The molecule has 1 aliphatic rings. The number of rotatable bonds is 3. The van der Waals surface area contributed by atoms with Crippen LogP contribution in [0.15, 0.2) is 35.6 Å². The quantitative estimate of drug-likeness (QED) is 0.945. The monoisotopic (exact) mass is 319 g/mol. The van der Waals surface area contributed by atoms with Gasteiger partial charge in [0.05, 0.1) is 5.71 Å². The molecule has 1 aromatic carbocycles. The molecule has 22 heavy (non-hydrogen) atoms. The Bertz CT molecular complexity index is 742. The zero-order valence-electron chi connectivity index (χ0n) is 12.1. The number of aromatic nitrogens is 1. The number of anilines is 1. The smallest absolute Gasteiger partial charge is 0.273 e. The zero-order chi connectivity index (χ0) is 15.7. The standard InChI is InChI=1S/C15H14FN3O2S/c1-9-8-17-14(22-9)18-13(20)15(2)7-12(19-21-15)10-3-5-11(16)6-4-10/h3-6,8H,7H2,1-2H3,(H,17,18,20)/t15-/m0/s1. The maximum atomic E-state index is 13.0. The lowest BCUT2D eigenvalue weighted by molar-refractivity contribution is -0.135. The van der Waals surface area contributed by atoms with E-state index in [0.29, 0.717) is 17.3 Å². The third-order valence-corrected chi connectivity index (χ3v) is 4.19. The highest BCUT2D eigenvalue weighted by Gasteiger charge is 2.42. The molecule has 2 aromatic rings. The van der Waals surface area contributed by atoms with Gasteiger partial charge in [-0.1, -0.05) is 17.3 Å². The third kappa shape index (κ3) is 2.85. The first-order valence-corrected chi connectivity index (χ1v) is 7.53. The minimum Gasteiger partial charge on any atom is -0.379 e. The number of nitrogens with one attached hydrogen (secondary N) is 1. The van der Waals surface area contributed by atoms with E-state index in [4.69, 9.17) is 4.84 Å². The number of thiazole rings is 1. The number of benzene rings is 1. The van der Waals surface area contributed by atoms with Gasteiger partial charge >= 0.3 is 0 Å². The van der Waals surface area contributed by atoms with Gasteiger partial charge in [0.1, 0.15) is 5.82 Å². The van der Waals surface area contributed by atoms with Gasteiger partial charge < -0.3 is 4.84 Å². The van der Waals surface area contributed by atoms with E-state index in [2.05, 4.69) is 15.5 Å². The number of amides is 1. The van der Waals surface area contributed by atoms with Crippen LogP contribution < -0.4 is 5.32 Å². The molecule has 0 unspecified atom stereocenters. The van der Waals surface area contributed by atoms with Crippen LogP contribution in [-0.4, -0.2) is 22.2 Å². The zero-order valence-corrected chi connectivity index (χ0v) is 12.9. The van der Waals surface area contributed by atoms with E-state index in [1.165, 1.54) is 23.5 Å². The molecule has 0 saturated carbocycles. The fourth-order valence-electron chi connectivity index (χ4n) is 2.10. The second-order valence-electron chi connectivity index (χ2n) is 5.27. The van der Waals surface area contributed by atoms with Gasteiger partial charge in [-0.25, -0.2) is 9.37 Å². The molecule has 0 bridgehead atoms. The van der Waals surface area contributed by atoms with E-state index in [1.807, 2.05) is 6.92 Å². The summed E-state index contributed by atoms with van der Waals surface area (Å²) in [5.41, 5.74) is 0.263. The van der Waals surface area contributed by atoms with Gasteiger partial charge in [-0.3, -0.25) is 10.1 Å². The van der Waals surface area contributed by atoms with E-state index in [1.54, 1.807) is 25.3 Å². The summed E-state index contributed by atoms with van der Waals surface area (Å²) in [4.78, 5) is 22.8. The van der Waals surface area contributed by atoms with Crippen LogP contribution in [0.2, 0.25) is 0 Å². The third-order valence-electron chi connectivity index (χ3n) is 3.36. The average Bonchev–Trinajstić information content (AvgIpc) is 3.07. The molecule has 2 heterocycles. The number of halogens is 1. The lowest BCUT2D eigenvalue weighted by Gasteiger charge is -2.19. The Morgan fingerprint density at radius 3 is 2.77 bits per heavy atom. The van der Waals surface area contributed by atoms with E-state index < -0.39 is 5.60 Å². The van der Waals surface area contributed by atoms with E-state index >= 15 is 0 Å². The molecule has 1 amide bonds. The van der Waals surface area contributed by atoms with Crippen LogP contribution in [-0.2, 0) is 9.63 Å². The van der Waals surface area contributed by atoms with E-state index in [-0.39, 0.29) is 11.7 Å². The van der Waals surface area contributed by atoms with Gasteiger partial charge in [-0.2, -0.15) is 0 Å². The van der Waals surface area contributed by atoms with Crippen molar-refractivity contribution in [2.24, 2.45) is 5.16 Å². The number of nitrogens with zero attached hydrogens (tertiary/aromatic N) is 2. The van der Waals surface area contributed by atoms with Crippen molar-refractivity contribution in [2.75, 3.05) is 5.32 Å². The van der Waals surface area contributed by atoms with Gasteiger partial charge in [-0.15, -0.1) is 11.3 Å². The fraction of sp³-hybridized carbons (Fsp3) is 0.267. The normalized spacial score (nSPS) is 20.4. The Kier molecular flexibility index (Phi) is 3.66. The second-order valence-corrected chi connectivity index (χ2v) is 6.51. The molecule has 0 spiro atoms. The molecule has 3 rings (SSSR count). The Labute approximate surface area is 130 Å². The summed E-state index contributed by atoms with van der Waals surface area (Å²) < 4.78 is 13.0. The van der Waals surface area contributed by atoms with Crippen molar-refractivity contribution in [3.05, 3.63) is 46.7 Å². The first-order valence-electron chi connectivity index (χ1n) is 6.71. The van der Waals surface area contributed by atoms with E-state index in [9.17, 15) is 9.18 Å². The Hall–Kier alpha value is -2.28. The summed E-state index contributed by atoms with van der Waals surface area (Å²) in [7, 11) is 0. The van der Waals surface area contributed by atoms with Crippen LogP contribution in [0.3, 0.4) is 0 Å². The molecule has 0 saturated heterocycles. The summed E-state index contributed by atoms with van der Waals surface area (Å²) in [5.74, 6) is -0.620. The van der Waals surface area contributed by atoms with Crippen LogP contribution >= 0.6 is 11.3 Å². The van der Waals surface area contributed by atoms with Crippen LogP contribution in [0.1, 0.15) is 23.8 Å². The highest BCUT2D eigenvalue weighted by Crippen LogP contribution is 2.29. The molecule has 1 N–H and O–H groups in total. The van der Waals surface area contributed by atoms with Crippen molar-refractivity contribution in [2.45, 2.75) is 25.9 Å². The maximum absolute atomic E-state index is 13.0. The highest BCUT2D eigenvalue weighted by atomic mass is 32.1. The van der Waals surface area contributed by atoms with Gasteiger partial charge in [0, 0.05) is 17.5 Å². The summed E-state index contributed by atoms with van der Waals surface area (Å²) in [6, 6.07) is 5.94. The summed E-state index contributed by atoms with van der Waals surface area (Å²) >= 11 is 1.39. The van der Waals surface area contributed by atoms with Gasteiger partial charge in [0.15, 0.2) is 5.13 Å². The molecule has 0 radical (unpaired) electrons. The molecule has 1 atom stereocenters. The first-order chi connectivity index (χ1) is 10.5. The lowest BCUT2D eigenvalue weighted by Crippen LogP contribution is -2.40. The number of carbonyl (C=O) groups is 1. The second kappa shape index (κ2) is 5.49. The number of hydrogen-bond acceptors (Lipinski definition) is 5. The maximum Gasteiger partial charge on any atom is 0.273 e. The van der Waals surface area contributed by atoms with Crippen molar-refractivity contribution in [3.8, 4) is 0 Å².